The van der Waals surface area contributed by atoms with Gasteiger partial charge in [0.05, 0.1) is 0 Å². The van der Waals surface area contributed by atoms with Crippen LogP contribution in [0.15, 0.2) is 24.3 Å². The van der Waals surface area contributed by atoms with Crippen LogP contribution in [-0.2, 0) is 0 Å². The van der Waals surface area contributed by atoms with Crippen LogP contribution in [0.25, 0.3) is 0 Å². The third-order valence-electron chi connectivity index (χ3n) is 4.26. The summed E-state index contributed by atoms with van der Waals surface area (Å²) in [6, 6.07) is 8.89. The van der Waals surface area contributed by atoms with Crippen LogP contribution in [-0.4, -0.2) is 50.1 Å². The van der Waals surface area contributed by atoms with E-state index in [0.717, 1.165) is 36.8 Å². The second kappa shape index (κ2) is 5.44. The van der Waals surface area contributed by atoms with Crippen molar-refractivity contribution < 1.29 is 4.79 Å². The van der Waals surface area contributed by atoms with E-state index in [-0.39, 0.29) is 5.91 Å². The maximum Gasteiger partial charge on any atom is 0.251 e. The van der Waals surface area contributed by atoms with Gasteiger partial charge < -0.3 is 10.2 Å². The van der Waals surface area contributed by atoms with Crippen molar-refractivity contribution in [2.45, 2.75) is 31.3 Å². The SMILES string of the molecule is CN(C)c1ccc(C(=O)NC2CCN(C3CC3)C2)cc1. The number of amides is 1. The first-order valence-electron chi connectivity index (χ1n) is 7.46. The number of nitrogens with one attached hydrogen (secondary N) is 1. The first-order chi connectivity index (χ1) is 9.63. The van der Waals surface area contributed by atoms with Crippen LogP contribution in [0.4, 0.5) is 5.69 Å². The standard InChI is InChI=1S/C16H23N3O/c1-18(2)14-5-3-12(4-6-14)16(20)17-13-9-10-19(11-13)15-7-8-15/h3-6,13,15H,7-11H2,1-2H3,(H,17,20). The van der Waals surface area contributed by atoms with Gasteiger partial charge in [0.1, 0.15) is 0 Å². The van der Waals surface area contributed by atoms with E-state index in [1.54, 1.807) is 0 Å². The van der Waals surface area contributed by atoms with Crippen LogP contribution in [0.5, 0.6) is 0 Å². The largest absolute Gasteiger partial charge is 0.378 e. The highest BCUT2D eigenvalue weighted by Crippen LogP contribution is 2.29. The molecular formula is C16H23N3O. The van der Waals surface area contributed by atoms with Crippen molar-refractivity contribution in [2.24, 2.45) is 0 Å². The zero-order valence-corrected chi connectivity index (χ0v) is 12.3. The Morgan fingerprint density at radius 3 is 2.50 bits per heavy atom. The average Bonchev–Trinajstić information content (AvgIpc) is 3.20. The van der Waals surface area contributed by atoms with Crippen LogP contribution in [0.2, 0.25) is 0 Å². The fraction of sp³-hybridized carbons (Fsp3) is 0.562. The van der Waals surface area contributed by atoms with Crippen LogP contribution < -0.4 is 10.2 Å². The fourth-order valence-electron chi connectivity index (χ4n) is 2.86. The van der Waals surface area contributed by atoms with E-state index in [2.05, 4.69) is 10.2 Å². The lowest BCUT2D eigenvalue weighted by molar-refractivity contribution is 0.0937. The van der Waals surface area contributed by atoms with Gasteiger partial charge in [0.25, 0.3) is 5.91 Å². The van der Waals surface area contributed by atoms with Gasteiger partial charge in [0.2, 0.25) is 0 Å². The van der Waals surface area contributed by atoms with Crippen LogP contribution in [0.1, 0.15) is 29.6 Å². The molecule has 1 aromatic carbocycles. The van der Waals surface area contributed by atoms with Gasteiger partial charge in [-0.25, -0.2) is 0 Å². The van der Waals surface area contributed by atoms with Crippen LogP contribution >= 0.6 is 0 Å². The van der Waals surface area contributed by atoms with Crippen molar-refractivity contribution in [1.82, 2.24) is 10.2 Å². The number of hydrogen-bond acceptors (Lipinski definition) is 3. The Morgan fingerprint density at radius 1 is 1.20 bits per heavy atom. The molecule has 0 spiro atoms. The predicted octanol–water partition coefficient (Wildman–Crippen LogP) is 1.72. The monoisotopic (exact) mass is 273 g/mol. The van der Waals surface area contributed by atoms with E-state index in [4.69, 9.17) is 0 Å². The zero-order valence-electron chi connectivity index (χ0n) is 12.3. The van der Waals surface area contributed by atoms with Gasteiger partial charge in [0.15, 0.2) is 0 Å². The molecule has 1 aromatic rings. The Bertz CT molecular complexity index is 479. The molecule has 1 N–H and O–H groups in total. The molecular weight excluding hydrogens is 250 g/mol. The lowest BCUT2D eigenvalue weighted by atomic mass is 10.1. The Balaban J connectivity index is 1.56. The van der Waals surface area contributed by atoms with E-state index in [9.17, 15) is 4.79 Å². The van der Waals surface area contributed by atoms with Gasteiger partial charge in [-0.1, -0.05) is 0 Å². The number of rotatable bonds is 4. The van der Waals surface area contributed by atoms with Crippen molar-refractivity contribution in [3.8, 4) is 0 Å². The number of hydrogen-bond donors (Lipinski definition) is 1. The van der Waals surface area contributed by atoms with Gasteiger partial charge >= 0.3 is 0 Å². The van der Waals surface area contributed by atoms with E-state index in [0.29, 0.717) is 6.04 Å². The number of likely N-dealkylation sites (tertiary alicyclic amines) is 1. The smallest absolute Gasteiger partial charge is 0.251 e. The molecule has 1 amide bonds. The van der Waals surface area contributed by atoms with Crippen molar-refractivity contribution in [3.63, 3.8) is 0 Å². The minimum absolute atomic E-state index is 0.0537. The van der Waals surface area contributed by atoms with Crippen LogP contribution in [0.3, 0.4) is 0 Å². The highest BCUT2D eigenvalue weighted by atomic mass is 16.1. The number of benzene rings is 1. The first kappa shape index (κ1) is 13.4. The molecule has 3 rings (SSSR count). The molecule has 0 radical (unpaired) electrons. The highest BCUT2D eigenvalue weighted by Gasteiger charge is 2.34. The number of nitrogens with zero attached hydrogens (tertiary/aromatic N) is 2. The molecule has 2 fully saturated rings. The number of carbonyl (C=O) groups is 1. The molecule has 4 heteroatoms. The zero-order chi connectivity index (χ0) is 14.1. The van der Waals surface area contributed by atoms with Crippen molar-refractivity contribution in [3.05, 3.63) is 29.8 Å². The van der Waals surface area contributed by atoms with Crippen molar-refractivity contribution in [1.29, 1.82) is 0 Å². The minimum Gasteiger partial charge on any atom is -0.378 e. The predicted molar refractivity (Wildman–Crippen MR) is 81.2 cm³/mol. The molecule has 1 saturated carbocycles. The molecule has 1 aliphatic heterocycles. The number of anilines is 1. The van der Waals surface area contributed by atoms with Gasteiger partial charge in [-0.2, -0.15) is 0 Å². The quantitative estimate of drug-likeness (QED) is 0.907. The maximum absolute atomic E-state index is 12.2. The summed E-state index contributed by atoms with van der Waals surface area (Å²) in [7, 11) is 4.00. The molecule has 20 heavy (non-hydrogen) atoms. The summed E-state index contributed by atoms with van der Waals surface area (Å²) in [5, 5.41) is 3.16. The van der Waals surface area contributed by atoms with E-state index >= 15 is 0 Å². The van der Waals surface area contributed by atoms with Gasteiger partial charge in [-0.05, 0) is 43.5 Å². The summed E-state index contributed by atoms with van der Waals surface area (Å²) < 4.78 is 0. The molecule has 1 unspecified atom stereocenters. The molecule has 4 nitrogen and oxygen atoms in total. The Morgan fingerprint density at radius 2 is 1.90 bits per heavy atom. The summed E-state index contributed by atoms with van der Waals surface area (Å²) in [5.41, 5.74) is 1.86. The second-order valence-corrected chi connectivity index (χ2v) is 6.13. The van der Waals surface area contributed by atoms with Crippen molar-refractivity contribution >= 4 is 11.6 Å². The Hall–Kier alpha value is -1.55. The van der Waals surface area contributed by atoms with Gasteiger partial charge in [-0.3, -0.25) is 9.69 Å². The lowest BCUT2D eigenvalue weighted by Gasteiger charge is -2.16. The molecule has 108 valence electrons. The van der Waals surface area contributed by atoms with E-state index in [1.165, 1.54) is 12.8 Å². The summed E-state index contributed by atoms with van der Waals surface area (Å²) in [4.78, 5) is 16.8. The lowest BCUT2D eigenvalue weighted by Crippen LogP contribution is -2.37. The Kier molecular flexibility index (Phi) is 3.66. The molecule has 1 aliphatic carbocycles. The van der Waals surface area contributed by atoms with Gasteiger partial charge in [-0.15, -0.1) is 0 Å². The highest BCUT2D eigenvalue weighted by molar-refractivity contribution is 5.94. The fourth-order valence-corrected chi connectivity index (χ4v) is 2.86. The van der Waals surface area contributed by atoms with Crippen LogP contribution in [0, 0.1) is 0 Å². The molecule has 0 aromatic heterocycles. The maximum atomic E-state index is 12.2. The molecule has 2 aliphatic rings. The van der Waals surface area contributed by atoms with E-state index < -0.39 is 0 Å². The molecule has 1 saturated heterocycles. The normalized spacial score (nSPS) is 22.8. The average molecular weight is 273 g/mol. The first-order valence-corrected chi connectivity index (χ1v) is 7.46. The van der Waals surface area contributed by atoms with Gasteiger partial charge in [0, 0.05) is 50.5 Å². The second-order valence-electron chi connectivity index (χ2n) is 6.13. The Labute approximate surface area is 120 Å². The topological polar surface area (TPSA) is 35.6 Å². The molecule has 0 bridgehead atoms. The van der Waals surface area contributed by atoms with E-state index in [1.807, 2.05) is 43.3 Å². The summed E-state index contributed by atoms with van der Waals surface area (Å²) >= 11 is 0. The summed E-state index contributed by atoms with van der Waals surface area (Å²) in [6.07, 6.45) is 3.76. The third-order valence-corrected chi connectivity index (χ3v) is 4.26. The minimum atomic E-state index is 0.0537. The molecule has 1 atom stereocenters. The number of carbonyl (C=O) groups excluding carboxylic acids is 1. The van der Waals surface area contributed by atoms with Crippen molar-refractivity contribution in [2.75, 3.05) is 32.1 Å². The molecule has 1 heterocycles. The third kappa shape index (κ3) is 2.96. The summed E-state index contributed by atoms with van der Waals surface area (Å²) in [5.74, 6) is 0.0537. The summed E-state index contributed by atoms with van der Waals surface area (Å²) in [6.45, 7) is 2.15.